The molecular weight excluding hydrogens is 247 g/mol. The maximum atomic E-state index is 9.06. The Morgan fingerprint density at radius 1 is 1.28 bits per heavy atom. The monoisotopic (exact) mass is 266 g/mol. The predicted molar refractivity (Wildman–Crippen MR) is 76.5 cm³/mol. The maximum Gasteiger partial charge on any atom is 0.488 e. The van der Waals surface area contributed by atoms with Crippen molar-refractivity contribution in [2.45, 2.75) is 30.9 Å². The van der Waals surface area contributed by atoms with Crippen LogP contribution in [-0.4, -0.2) is 34.8 Å². The van der Waals surface area contributed by atoms with Gasteiger partial charge in [0.25, 0.3) is 0 Å². The summed E-state index contributed by atoms with van der Waals surface area (Å²) in [5, 5.41) is 18.9. The van der Waals surface area contributed by atoms with Gasteiger partial charge in [0, 0.05) is 11.0 Å². The molecule has 5 heteroatoms. The molecule has 0 amide bonds. The number of benzene rings is 1. The number of thioether (sulfide) groups is 1. The lowest BCUT2D eigenvalue weighted by Crippen LogP contribution is -2.29. The summed E-state index contributed by atoms with van der Waals surface area (Å²) in [4.78, 5) is 0. The molecule has 0 spiro atoms. The Bertz CT molecular complexity index is 367. The molecule has 1 aromatic rings. The first-order chi connectivity index (χ1) is 8.75. The summed E-state index contributed by atoms with van der Waals surface area (Å²) in [6, 6.07) is 6.95. The van der Waals surface area contributed by atoms with Gasteiger partial charge in [-0.1, -0.05) is 25.0 Å². The van der Waals surface area contributed by atoms with Crippen molar-refractivity contribution in [1.82, 2.24) is 0 Å². The van der Waals surface area contributed by atoms with E-state index in [1.165, 1.54) is 25.7 Å². The normalized spacial score (nSPS) is 15.9. The average Bonchev–Trinajstić information content (AvgIpc) is 2.88. The molecule has 1 aromatic carbocycles. The quantitative estimate of drug-likeness (QED) is 0.604. The molecule has 0 radical (unpaired) electrons. The van der Waals surface area contributed by atoms with Crippen molar-refractivity contribution in [2.75, 3.05) is 12.4 Å². The van der Waals surface area contributed by atoms with Gasteiger partial charge in [0.2, 0.25) is 0 Å². The topological polar surface area (TPSA) is 49.7 Å². The summed E-state index contributed by atoms with van der Waals surface area (Å²) < 4.78 is 5.61. The van der Waals surface area contributed by atoms with E-state index in [1.54, 1.807) is 18.2 Å². The summed E-state index contributed by atoms with van der Waals surface area (Å²) >= 11 is 1.99. The first-order valence-electron chi connectivity index (χ1n) is 6.46. The SMILES string of the molecule is OB(O)c1cccc(OCCSC2CCCC2)c1. The molecule has 0 aromatic heterocycles. The number of ether oxygens (including phenoxy) is 1. The Labute approximate surface area is 113 Å². The van der Waals surface area contributed by atoms with Crippen molar-refractivity contribution < 1.29 is 14.8 Å². The van der Waals surface area contributed by atoms with E-state index in [9.17, 15) is 0 Å². The van der Waals surface area contributed by atoms with Gasteiger partial charge in [-0.05, 0) is 30.4 Å². The lowest BCUT2D eigenvalue weighted by molar-refractivity contribution is 0.343. The molecule has 1 aliphatic rings. The minimum atomic E-state index is -1.43. The molecule has 1 saturated carbocycles. The Balaban J connectivity index is 1.70. The third-order valence-corrected chi connectivity index (χ3v) is 4.51. The second-order valence-electron chi connectivity index (χ2n) is 4.57. The Morgan fingerprint density at radius 2 is 2.06 bits per heavy atom. The fourth-order valence-corrected chi connectivity index (χ4v) is 3.37. The molecule has 18 heavy (non-hydrogen) atoms. The first kappa shape index (κ1) is 13.8. The number of hydrogen-bond acceptors (Lipinski definition) is 4. The van der Waals surface area contributed by atoms with Crippen molar-refractivity contribution in [3.63, 3.8) is 0 Å². The molecule has 1 aliphatic carbocycles. The number of hydrogen-bond donors (Lipinski definition) is 2. The second kappa shape index (κ2) is 7.07. The zero-order valence-corrected chi connectivity index (χ0v) is 11.2. The highest BCUT2D eigenvalue weighted by molar-refractivity contribution is 7.99. The van der Waals surface area contributed by atoms with Crippen LogP contribution in [0.1, 0.15) is 25.7 Å². The minimum Gasteiger partial charge on any atom is -0.493 e. The first-order valence-corrected chi connectivity index (χ1v) is 7.51. The lowest BCUT2D eigenvalue weighted by atomic mass is 9.80. The molecule has 0 bridgehead atoms. The van der Waals surface area contributed by atoms with Crippen molar-refractivity contribution in [1.29, 1.82) is 0 Å². The van der Waals surface area contributed by atoms with Gasteiger partial charge >= 0.3 is 7.12 Å². The fourth-order valence-electron chi connectivity index (χ4n) is 2.19. The van der Waals surface area contributed by atoms with Crippen LogP contribution in [0.5, 0.6) is 5.75 Å². The Hall–Kier alpha value is -0.645. The molecule has 0 saturated heterocycles. The molecule has 2 N–H and O–H groups in total. The summed E-state index contributed by atoms with van der Waals surface area (Å²) in [6.45, 7) is 0.673. The second-order valence-corrected chi connectivity index (χ2v) is 5.98. The van der Waals surface area contributed by atoms with Gasteiger partial charge in [0.15, 0.2) is 0 Å². The van der Waals surface area contributed by atoms with Crippen LogP contribution in [0.4, 0.5) is 0 Å². The van der Waals surface area contributed by atoms with Crippen LogP contribution in [-0.2, 0) is 0 Å². The summed E-state index contributed by atoms with van der Waals surface area (Å²) in [7, 11) is -1.43. The lowest BCUT2D eigenvalue weighted by Gasteiger charge is -2.10. The smallest absolute Gasteiger partial charge is 0.488 e. The van der Waals surface area contributed by atoms with Crippen LogP contribution >= 0.6 is 11.8 Å². The molecule has 3 nitrogen and oxygen atoms in total. The Morgan fingerprint density at radius 3 is 2.78 bits per heavy atom. The average molecular weight is 266 g/mol. The van der Waals surface area contributed by atoms with E-state index in [0.29, 0.717) is 17.8 Å². The molecule has 1 fully saturated rings. The van der Waals surface area contributed by atoms with Gasteiger partial charge in [-0.2, -0.15) is 11.8 Å². The van der Waals surface area contributed by atoms with E-state index in [2.05, 4.69) is 0 Å². The molecule has 0 heterocycles. The highest BCUT2D eigenvalue weighted by Crippen LogP contribution is 2.29. The van der Waals surface area contributed by atoms with E-state index in [-0.39, 0.29) is 0 Å². The maximum absolute atomic E-state index is 9.06. The largest absolute Gasteiger partial charge is 0.493 e. The van der Waals surface area contributed by atoms with Crippen molar-refractivity contribution in [3.05, 3.63) is 24.3 Å². The summed E-state index contributed by atoms with van der Waals surface area (Å²) in [5.41, 5.74) is 0.468. The number of rotatable bonds is 6. The van der Waals surface area contributed by atoms with Gasteiger partial charge in [-0.3, -0.25) is 0 Å². The van der Waals surface area contributed by atoms with Gasteiger partial charge in [0.1, 0.15) is 5.75 Å². The van der Waals surface area contributed by atoms with E-state index >= 15 is 0 Å². The molecular formula is C13H19BO3S. The zero-order chi connectivity index (χ0) is 12.8. The molecule has 0 unspecified atom stereocenters. The summed E-state index contributed by atoms with van der Waals surface area (Å²) in [5.74, 6) is 1.70. The van der Waals surface area contributed by atoms with Gasteiger partial charge < -0.3 is 14.8 Å². The van der Waals surface area contributed by atoms with E-state index in [1.807, 2.05) is 17.8 Å². The van der Waals surface area contributed by atoms with Crippen LogP contribution in [0.2, 0.25) is 0 Å². The van der Waals surface area contributed by atoms with Crippen LogP contribution in [0.25, 0.3) is 0 Å². The fraction of sp³-hybridized carbons (Fsp3) is 0.538. The molecule has 0 aliphatic heterocycles. The Kier molecular flexibility index (Phi) is 5.41. The van der Waals surface area contributed by atoms with E-state index < -0.39 is 7.12 Å². The van der Waals surface area contributed by atoms with Gasteiger partial charge in [-0.15, -0.1) is 0 Å². The highest BCUT2D eigenvalue weighted by atomic mass is 32.2. The van der Waals surface area contributed by atoms with E-state index in [4.69, 9.17) is 14.8 Å². The third-order valence-electron chi connectivity index (χ3n) is 3.16. The van der Waals surface area contributed by atoms with Crippen LogP contribution in [0, 0.1) is 0 Å². The molecule has 98 valence electrons. The predicted octanol–water partition coefficient (Wildman–Crippen LogP) is 1.42. The van der Waals surface area contributed by atoms with Crippen molar-refractivity contribution in [2.24, 2.45) is 0 Å². The van der Waals surface area contributed by atoms with Crippen LogP contribution < -0.4 is 10.2 Å². The van der Waals surface area contributed by atoms with Crippen LogP contribution in [0.3, 0.4) is 0 Å². The zero-order valence-electron chi connectivity index (χ0n) is 10.4. The standard InChI is InChI=1S/C13H19BO3S/c15-14(16)11-4-3-5-12(10-11)17-8-9-18-13-6-1-2-7-13/h3-5,10,13,15-16H,1-2,6-9H2. The van der Waals surface area contributed by atoms with E-state index in [0.717, 1.165) is 11.0 Å². The third kappa shape index (κ3) is 4.23. The van der Waals surface area contributed by atoms with Gasteiger partial charge in [0.05, 0.1) is 6.61 Å². The molecule has 2 rings (SSSR count). The minimum absolute atomic E-state index is 0.468. The van der Waals surface area contributed by atoms with Crippen molar-refractivity contribution in [3.8, 4) is 5.75 Å². The highest BCUT2D eigenvalue weighted by Gasteiger charge is 2.15. The van der Waals surface area contributed by atoms with Gasteiger partial charge in [-0.25, -0.2) is 0 Å². The summed E-state index contributed by atoms with van der Waals surface area (Å²) in [6.07, 6.45) is 5.43. The van der Waals surface area contributed by atoms with Crippen molar-refractivity contribution >= 4 is 24.3 Å². The van der Waals surface area contributed by atoms with Crippen LogP contribution in [0.15, 0.2) is 24.3 Å². The molecule has 0 atom stereocenters.